The fourth-order valence-corrected chi connectivity index (χ4v) is 6.11. The Labute approximate surface area is 235 Å². The summed E-state index contributed by atoms with van der Waals surface area (Å²) >= 11 is 0. The maximum absolute atomic E-state index is 14.1. The molecule has 7 heteroatoms. The van der Waals surface area contributed by atoms with Crippen molar-refractivity contribution in [2.45, 2.75) is 99.1 Å². The molecule has 0 bridgehead atoms. The first-order chi connectivity index (χ1) is 18.1. The molecule has 1 fully saturated rings. The first-order valence-corrected chi connectivity index (χ1v) is 14.4. The minimum atomic E-state index is -0.407. The lowest BCUT2D eigenvalue weighted by molar-refractivity contribution is -0.144. The van der Waals surface area contributed by atoms with E-state index in [4.69, 9.17) is 15.2 Å². The van der Waals surface area contributed by atoms with Gasteiger partial charge in [-0.1, -0.05) is 46.4 Å². The van der Waals surface area contributed by atoms with E-state index in [0.29, 0.717) is 24.6 Å². The third-order valence-electron chi connectivity index (χ3n) is 8.62. The molecule has 3 aliphatic rings. The second kappa shape index (κ2) is 15.3. The Morgan fingerprint density at radius 3 is 2.72 bits per heavy atom. The van der Waals surface area contributed by atoms with E-state index in [9.17, 15) is 14.0 Å². The van der Waals surface area contributed by atoms with Gasteiger partial charge in [-0.25, -0.2) is 9.18 Å². The Balaban J connectivity index is 0.00000533. The van der Waals surface area contributed by atoms with Crippen LogP contribution >= 0.6 is 0 Å². The molecule has 0 radical (unpaired) electrons. The second-order valence-electron chi connectivity index (χ2n) is 11.5. The minimum absolute atomic E-state index is 0. The lowest BCUT2D eigenvalue weighted by Crippen LogP contribution is -2.41. The maximum atomic E-state index is 14.1. The third kappa shape index (κ3) is 8.97. The van der Waals surface area contributed by atoms with Crippen molar-refractivity contribution < 1.29 is 23.5 Å². The standard InChI is InChI=1S/C31H47FN2O4.CH4/c1-6-37-31(36)34-28-10-8-7-9-23(29-22(5)38-30(35)26(29)17-21(28)4)14-16-25(33)15-12-19(2)24-13-11-20(3)27(32)18-24;/h9,14-16,18-22,24,26,28-29H,6-8,10-13,17,33H2,1-5H3,(H,34,36);1H4/b16-14+,23-9+,25-15-;/t19?,20-,21?,22?,24?,26?,28?,29?;/m1./s1. The summed E-state index contributed by atoms with van der Waals surface area (Å²) in [6.45, 7) is 10.2. The molecule has 39 heavy (non-hydrogen) atoms. The Kier molecular flexibility index (Phi) is 12.8. The number of halogens is 1. The summed E-state index contributed by atoms with van der Waals surface area (Å²) in [6, 6.07) is -0.0554. The molecule has 0 aromatic heterocycles. The van der Waals surface area contributed by atoms with Crippen LogP contribution in [0.1, 0.15) is 87.0 Å². The van der Waals surface area contributed by atoms with Crippen LogP contribution < -0.4 is 11.1 Å². The van der Waals surface area contributed by atoms with Crippen LogP contribution in [-0.2, 0) is 14.3 Å². The van der Waals surface area contributed by atoms with Gasteiger partial charge in [0.25, 0.3) is 0 Å². The summed E-state index contributed by atoms with van der Waals surface area (Å²) in [4.78, 5) is 24.9. The molecule has 0 aromatic carbocycles. The second-order valence-corrected chi connectivity index (χ2v) is 11.5. The average Bonchev–Trinajstić information content (AvgIpc) is 3.15. The molecule has 1 amide bonds. The third-order valence-corrected chi connectivity index (χ3v) is 8.62. The van der Waals surface area contributed by atoms with Gasteiger partial charge in [0.15, 0.2) is 0 Å². The highest BCUT2D eigenvalue weighted by atomic mass is 19.1. The van der Waals surface area contributed by atoms with Crippen molar-refractivity contribution in [2.24, 2.45) is 41.2 Å². The van der Waals surface area contributed by atoms with Crippen LogP contribution in [0.5, 0.6) is 0 Å². The molecule has 6 nitrogen and oxygen atoms in total. The van der Waals surface area contributed by atoms with Crippen molar-refractivity contribution >= 4 is 12.1 Å². The van der Waals surface area contributed by atoms with Gasteiger partial charge in [-0.15, -0.1) is 0 Å². The molecule has 0 spiro atoms. The van der Waals surface area contributed by atoms with Gasteiger partial charge in [-0.3, -0.25) is 4.79 Å². The number of nitrogens with one attached hydrogen (secondary N) is 1. The summed E-state index contributed by atoms with van der Waals surface area (Å²) in [6.07, 6.45) is 15.2. The van der Waals surface area contributed by atoms with Gasteiger partial charge in [-0.05, 0) is 94.3 Å². The van der Waals surface area contributed by atoms with E-state index >= 15 is 0 Å². The monoisotopic (exact) mass is 546 g/mol. The lowest BCUT2D eigenvalue weighted by atomic mass is 9.76. The van der Waals surface area contributed by atoms with Gasteiger partial charge >= 0.3 is 12.1 Å². The van der Waals surface area contributed by atoms with Crippen LogP contribution in [0.4, 0.5) is 9.18 Å². The van der Waals surface area contributed by atoms with Crippen LogP contribution in [0.25, 0.3) is 0 Å². The van der Waals surface area contributed by atoms with Gasteiger partial charge in [0, 0.05) is 23.6 Å². The van der Waals surface area contributed by atoms with Crippen molar-refractivity contribution in [3.8, 4) is 0 Å². The smallest absolute Gasteiger partial charge is 0.407 e. The van der Waals surface area contributed by atoms with Crippen LogP contribution in [-0.4, -0.2) is 30.8 Å². The van der Waals surface area contributed by atoms with Crippen LogP contribution in [0, 0.1) is 35.5 Å². The fraction of sp³-hybridized carbons (Fsp3) is 0.688. The fourth-order valence-electron chi connectivity index (χ4n) is 6.11. The molecule has 1 heterocycles. The number of esters is 1. The SMILES string of the molecule is C.CCOC(=O)NC1CCC\C=C(/C=C/C(N)=C/CC(C)C2C=C(F)[C@H](C)CC2)C2C(C)OC(=O)C2CC1C. The molecular weight excluding hydrogens is 495 g/mol. The van der Waals surface area contributed by atoms with Gasteiger partial charge in [0.2, 0.25) is 0 Å². The summed E-state index contributed by atoms with van der Waals surface area (Å²) in [5.41, 5.74) is 8.11. The normalized spacial score (nSPS) is 34.1. The van der Waals surface area contributed by atoms with Gasteiger partial charge in [-0.2, -0.15) is 0 Å². The summed E-state index contributed by atoms with van der Waals surface area (Å²) in [5.74, 6) is 0.191. The Bertz CT molecular complexity index is 956. The molecule has 0 saturated carbocycles. The Morgan fingerprint density at radius 2 is 2.03 bits per heavy atom. The molecule has 8 atom stereocenters. The summed E-state index contributed by atoms with van der Waals surface area (Å²) < 4.78 is 24.9. The van der Waals surface area contributed by atoms with Gasteiger partial charge in [0.1, 0.15) is 6.10 Å². The van der Waals surface area contributed by atoms with Gasteiger partial charge < -0.3 is 20.5 Å². The van der Waals surface area contributed by atoms with E-state index in [0.717, 1.165) is 44.1 Å². The maximum Gasteiger partial charge on any atom is 0.407 e. The van der Waals surface area contributed by atoms with Crippen molar-refractivity contribution in [3.05, 3.63) is 47.5 Å². The van der Waals surface area contributed by atoms with Crippen molar-refractivity contribution in [2.75, 3.05) is 6.61 Å². The molecule has 2 aliphatic carbocycles. The van der Waals surface area contributed by atoms with E-state index < -0.39 is 6.09 Å². The molecule has 1 aliphatic heterocycles. The van der Waals surface area contributed by atoms with Crippen LogP contribution in [0.15, 0.2) is 47.5 Å². The number of carbonyl (C=O) groups excluding carboxylic acids is 2. The van der Waals surface area contributed by atoms with Gasteiger partial charge in [0.05, 0.1) is 18.4 Å². The number of ether oxygens (including phenoxy) is 2. The number of amides is 1. The molecule has 220 valence electrons. The average molecular weight is 547 g/mol. The zero-order chi connectivity index (χ0) is 27.8. The molecule has 3 rings (SSSR count). The molecular formula is C32H51FN2O4. The summed E-state index contributed by atoms with van der Waals surface area (Å²) in [5, 5.41) is 3.00. The zero-order valence-corrected chi connectivity index (χ0v) is 23.8. The van der Waals surface area contributed by atoms with Crippen molar-refractivity contribution in [1.82, 2.24) is 5.32 Å². The molecule has 0 aromatic rings. The zero-order valence-electron chi connectivity index (χ0n) is 23.8. The number of cyclic esters (lactones) is 1. The number of alkyl carbamates (subject to hydrolysis) is 1. The quantitative estimate of drug-likeness (QED) is 0.257. The highest BCUT2D eigenvalue weighted by Gasteiger charge is 2.45. The predicted molar refractivity (Wildman–Crippen MR) is 155 cm³/mol. The number of allylic oxidation sites excluding steroid dienone is 6. The van der Waals surface area contributed by atoms with Crippen LogP contribution in [0.2, 0.25) is 0 Å². The Morgan fingerprint density at radius 1 is 1.28 bits per heavy atom. The van der Waals surface area contributed by atoms with E-state index in [2.05, 4.69) is 25.2 Å². The first kappa shape index (κ1) is 32.6. The number of hydrogen-bond acceptors (Lipinski definition) is 5. The van der Waals surface area contributed by atoms with E-state index in [1.54, 1.807) is 13.0 Å². The molecule has 7 unspecified atom stereocenters. The molecule has 1 saturated heterocycles. The van der Waals surface area contributed by atoms with E-state index in [-0.39, 0.29) is 61.0 Å². The highest BCUT2D eigenvalue weighted by Crippen LogP contribution is 2.40. The predicted octanol–water partition coefficient (Wildman–Crippen LogP) is 7.38. The number of fused-ring (bicyclic) bond motifs is 1. The highest BCUT2D eigenvalue weighted by molar-refractivity contribution is 5.76. The number of nitrogens with two attached hydrogens (primary N) is 1. The van der Waals surface area contributed by atoms with Crippen LogP contribution in [0.3, 0.4) is 0 Å². The number of hydrogen-bond donors (Lipinski definition) is 2. The summed E-state index contributed by atoms with van der Waals surface area (Å²) in [7, 11) is 0. The van der Waals surface area contributed by atoms with E-state index in [1.807, 2.05) is 32.1 Å². The first-order valence-electron chi connectivity index (χ1n) is 14.4. The number of carbonyl (C=O) groups is 2. The molecule has 3 N–H and O–H groups in total. The lowest BCUT2D eigenvalue weighted by Gasteiger charge is -2.29. The van der Waals surface area contributed by atoms with Crippen molar-refractivity contribution in [3.63, 3.8) is 0 Å². The largest absolute Gasteiger partial charge is 0.462 e. The Hall–Kier alpha value is -2.57. The van der Waals surface area contributed by atoms with Crippen molar-refractivity contribution in [1.29, 1.82) is 0 Å². The minimum Gasteiger partial charge on any atom is -0.462 e. The number of rotatable bonds is 7. The topological polar surface area (TPSA) is 90.7 Å². The van der Waals surface area contributed by atoms with E-state index in [1.165, 1.54) is 0 Å².